The standard InChI is InChI=1S/C20H17F3N4O2S/c1-26-11-17-16-10-15(30(28,29)25-13-4-5-13)8-9-18(16)27(19(17)24-26)14-6-2-12(3-7-14)20(21,22)23/h2-3,6-11,13,25H,4-5H2,1H3. The number of hydrogen-bond donors (Lipinski definition) is 1. The zero-order valence-corrected chi connectivity index (χ0v) is 16.6. The molecule has 0 bridgehead atoms. The number of nitrogens with one attached hydrogen (secondary N) is 1. The van der Waals surface area contributed by atoms with Crippen molar-refractivity contribution < 1.29 is 21.6 Å². The number of sulfonamides is 1. The van der Waals surface area contributed by atoms with E-state index >= 15 is 0 Å². The SMILES string of the molecule is Cn1cc2c3cc(S(=O)(=O)NC4CC4)ccc3n(-c3ccc(C(F)(F)F)cc3)c2n1. The summed E-state index contributed by atoms with van der Waals surface area (Å²) in [5, 5.41) is 5.82. The molecule has 0 saturated heterocycles. The van der Waals surface area contributed by atoms with Crippen LogP contribution in [0.25, 0.3) is 27.6 Å². The van der Waals surface area contributed by atoms with Gasteiger partial charge in [-0.05, 0) is 55.3 Å². The van der Waals surface area contributed by atoms with Crippen molar-refractivity contribution in [3.63, 3.8) is 0 Å². The van der Waals surface area contributed by atoms with Crippen molar-refractivity contribution >= 4 is 32.0 Å². The van der Waals surface area contributed by atoms with E-state index in [1.807, 2.05) is 0 Å². The highest BCUT2D eigenvalue weighted by Crippen LogP contribution is 2.35. The number of benzene rings is 2. The van der Waals surface area contributed by atoms with Crippen molar-refractivity contribution in [2.75, 3.05) is 0 Å². The molecule has 1 aliphatic rings. The molecule has 30 heavy (non-hydrogen) atoms. The molecule has 0 amide bonds. The van der Waals surface area contributed by atoms with E-state index in [2.05, 4.69) is 9.82 Å². The molecule has 6 nitrogen and oxygen atoms in total. The van der Waals surface area contributed by atoms with E-state index in [0.29, 0.717) is 22.2 Å². The minimum absolute atomic E-state index is 0.0131. The maximum atomic E-state index is 12.9. The third-order valence-corrected chi connectivity index (χ3v) is 6.70. The number of rotatable bonds is 4. The van der Waals surface area contributed by atoms with Gasteiger partial charge in [-0.2, -0.15) is 18.3 Å². The lowest BCUT2D eigenvalue weighted by Gasteiger charge is -2.10. The van der Waals surface area contributed by atoms with Gasteiger partial charge in [-0.1, -0.05) is 0 Å². The highest BCUT2D eigenvalue weighted by molar-refractivity contribution is 7.89. The van der Waals surface area contributed by atoms with Crippen molar-refractivity contribution in [2.45, 2.75) is 30.0 Å². The summed E-state index contributed by atoms with van der Waals surface area (Å²) in [6.07, 6.45) is -0.990. The fourth-order valence-electron chi connectivity index (χ4n) is 3.59. The van der Waals surface area contributed by atoms with Crippen LogP contribution in [0.1, 0.15) is 18.4 Å². The zero-order valence-electron chi connectivity index (χ0n) is 15.8. The highest BCUT2D eigenvalue weighted by atomic mass is 32.2. The second-order valence-electron chi connectivity index (χ2n) is 7.49. The first-order chi connectivity index (χ1) is 14.1. The Morgan fingerprint density at radius 2 is 1.77 bits per heavy atom. The van der Waals surface area contributed by atoms with Gasteiger partial charge in [0.1, 0.15) is 0 Å². The third-order valence-electron chi connectivity index (χ3n) is 5.18. The van der Waals surface area contributed by atoms with Crippen LogP contribution in [0.15, 0.2) is 53.6 Å². The van der Waals surface area contributed by atoms with Gasteiger partial charge in [-0.15, -0.1) is 0 Å². The maximum absolute atomic E-state index is 12.9. The summed E-state index contributed by atoms with van der Waals surface area (Å²) in [7, 11) is -1.90. The monoisotopic (exact) mass is 434 g/mol. The van der Waals surface area contributed by atoms with Crippen LogP contribution in [0, 0.1) is 0 Å². The molecule has 1 fully saturated rings. The summed E-state index contributed by atoms with van der Waals surface area (Å²) in [6.45, 7) is 0. The molecule has 2 heterocycles. The molecule has 4 aromatic rings. The van der Waals surface area contributed by atoms with E-state index in [0.717, 1.165) is 30.4 Å². The Morgan fingerprint density at radius 3 is 2.40 bits per heavy atom. The van der Waals surface area contributed by atoms with Gasteiger partial charge in [0.15, 0.2) is 5.65 Å². The smallest absolute Gasteiger partial charge is 0.292 e. The van der Waals surface area contributed by atoms with Crippen LogP contribution in [0.4, 0.5) is 13.2 Å². The Bertz CT molecular complexity index is 1380. The largest absolute Gasteiger partial charge is 0.416 e. The molecule has 1 N–H and O–H groups in total. The highest BCUT2D eigenvalue weighted by Gasteiger charge is 2.31. The van der Waals surface area contributed by atoms with Gasteiger partial charge in [0, 0.05) is 35.7 Å². The Balaban J connectivity index is 1.70. The first-order valence-corrected chi connectivity index (χ1v) is 10.8. The number of halogens is 3. The van der Waals surface area contributed by atoms with Gasteiger partial charge < -0.3 is 0 Å². The molecule has 2 aromatic carbocycles. The topological polar surface area (TPSA) is 68.9 Å². The molecule has 0 aliphatic heterocycles. The van der Waals surface area contributed by atoms with E-state index in [4.69, 9.17) is 0 Å². The average molecular weight is 434 g/mol. The lowest BCUT2D eigenvalue weighted by molar-refractivity contribution is -0.137. The van der Waals surface area contributed by atoms with E-state index < -0.39 is 21.8 Å². The molecule has 0 spiro atoms. The Kier molecular flexibility index (Phi) is 4.03. The Hall–Kier alpha value is -2.85. The van der Waals surface area contributed by atoms with Crippen LogP contribution in [0.2, 0.25) is 0 Å². The Morgan fingerprint density at radius 1 is 1.07 bits per heavy atom. The lowest BCUT2D eigenvalue weighted by atomic mass is 10.2. The normalized spacial score (nSPS) is 15.3. The lowest BCUT2D eigenvalue weighted by Crippen LogP contribution is -2.25. The maximum Gasteiger partial charge on any atom is 0.416 e. The molecule has 156 valence electrons. The summed E-state index contributed by atoms with van der Waals surface area (Å²) in [4.78, 5) is 0.150. The van der Waals surface area contributed by atoms with Crippen LogP contribution >= 0.6 is 0 Å². The number of aromatic nitrogens is 3. The molecular formula is C20H17F3N4O2S. The number of fused-ring (bicyclic) bond motifs is 3. The summed E-state index contributed by atoms with van der Waals surface area (Å²) in [6, 6.07) is 9.56. The molecule has 1 saturated carbocycles. The molecule has 0 unspecified atom stereocenters. The van der Waals surface area contributed by atoms with Gasteiger partial charge >= 0.3 is 6.18 Å². The molecule has 0 radical (unpaired) electrons. The predicted molar refractivity (Wildman–Crippen MR) is 106 cm³/mol. The molecule has 0 atom stereocenters. The molecule has 5 rings (SSSR count). The minimum Gasteiger partial charge on any atom is -0.292 e. The minimum atomic E-state index is -4.42. The summed E-state index contributed by atoms with van der Waals surface area (Å²) < 4.78 is 70.1. The fourth-order valence-corrected chi connectivity index (χ4v) is 4.92. The first-order valence-electron chi connectivity index (χ1n) is 9.31. The van der Waals surface area contributed by atoms with Crippen LogP contribution in [-0.2, 0) is 23.2 Å². The van der Waals surface area contributed by atoms with Crippen LogP contribution in [0.3, 0.4) is 0 Å². The quantitative estimate of drug-likeness (QED) is 0.528. The van der Waals surface area contributed by atoms with E-state index in [1.54, 1.807) is 34.6 Å². The summed E-state index contributed by atoms with van der Waals surface area (Å²) >= 11 is 0. The predicted octanol–water partition coefficient (Wildman–Crippen LogP) is 3.98. The van der Waals surface area contributed by atoms with Gasteiger partial charge in [-0.3, -0.25) is 9.25 Å². The molecular weight excluding hydrogens is 417 g/mol. The van der Waals surface area contributed by atoms with Gasteiger partial charge in [0.25, 0.3) is 0 Å². The van der Waals surface area contributed by atoms with Crippen LogP contribution < -0.4 is 4.72 Å². The number of aryl methyl sites for hydroxylation is 1. The van der Waals surface area contributed by atoms with Crippen molar-refractivity contribution in [1.82, 2.24) is 19.1 Å². The average Bonchev–Trinajstić information content (AvgIpc) is 3.32. The summed E-state index contributed by atoms with van der Waals surface area (Å²) in [5.41, 5.74) is 0.975. The second kappa shape index (κ2) is 6.32. The second-order valence-corrected chi connectivity index (χ2v) is 9.21. The van der Waals surface area contributed by atoms with Gasteiger partial charge in [0.2, 0.25) is 10.0 Å². The number of nitrogens with zero attached hydrogens (tertiary/aromatic N) is 3. The zero-order chi connectivity index (χ0) is 21.3. The van der Waals surface area contributed by atoms with Crippen LogP contribution in [-0.4, -0.2) is 28.8 Å². The first kappa shape index (κ1) is 19.1. The molecule has 1 aliphatic carbocycles. The van der Waals surface area contributed by atoms with E-state index in [9.17, 15) is 21.6 Å². The molecule has 2 aromatic heterocycles. The third kappa shape index (κ3) is 3.16. The van der Waals surface area contributed by atoms with Crippen molar-refractivity contribution in [3.8, 4) is 5.69 Å². The van der Waals surface area contributed by atoms with Gasteiger partial charge in [-0.25, -0.2) is 13.1 Å². The fraction of sp³-hybridized carbons (Fsp3) is 0.250. The molecule has 10 heteroatoms. The Labute approximate surface area is 170 Å². The number of alkyl halides is 3. The summed E-state index contributed by atoms with van der Waals surface area (Å²) in [5.74, 6) is 0. The van der Waals surface area contributed by atoms with Crippen molar-refractivity contribution in [1.29, 1.82) is 0 Å². The van der Waals surface area contributed by atoms with Crippen molar-refractivity contribution in [3.05, 3.63) is 54.2 Å². The number of hydrogen-bond acceptors (Lipinski definition) is 3. The van der Waals surface area contributed by atoms with Crippen LogP contribution in [0.5, 0.6) is 0 Å². The van der Waals surface area contributed by atoms with E-state index in [1.165, 1.54) is 18.2 Å². The van der Waals surface area contributed by atoms with Crippen molar-refractivity contribution in [2.24, 2.45) is 7.05 Å². The van der Waals surface area contributed by atoms with Gasteiger partial charge in [0.05, 0.1) is 16.0 Å². The van der Waals surface area contributed by atoms with E-state index in [-0.39, 0.29) is 10.9 Å².